The molecule has 2 atom stereocenters. The number of sulfone groups is 1. The van der Waals surface area contributed by atoms with Gasteiger partial charge in [-0.25, -0.2) is 8.42 Å². The van der Waals surface area contributed by atoms with Crippen molar-refractivity contribution in [2.24, 2.45) is 0 Å². The first-order valence-electron chi connectivity index (χ1n) is 6.52. The van der Waals surface area contributed by atoms with Crippen molar-refractivity contribution in [1.82, 2.24) is 4.90 Å². The molecule has 0 bridgehead atoms. The van der Waals surface area contributed by atoms with Gasteiger partial charge in [0.25, 0.3) is 0 Å². The lowest BCUT2D eigenvalue weighted by molar-refractivity contribution is 0.198. The van der Waals surface area contributed by atoms with Crippen molar-refractivity contribution >= 4 is 9.84 Å². The largest absolute Gasteiger partial charge is 0.508 e. The molecule has 2 rings (SSSR count). The summed E-state index contributed by atoms with van der Waals surface area (Å²) in [4.78, 5) is 2.05. The zero-order chi connectivity index (χ0) is 14.2. The molecule has 1 N–H and O–H groups in total. The van der Waals surface area contributed by atoms with E-state index in [-0.39, 0.29) is 29.3 Å². The molecule has 0 aliphatic carbocycles. The number of rotatable bonds is 3. The average Bonchev–Trinajstić information content (AvgIpc) is 2.68. The maximum Gasteiger partial charge on any atom is 0.151 e. The predicted molar refractivity (Wildman–Crippen MR) is 76.1 cm³/mol. The van der Waals surface area contributed by atoms with E-state index in [0.717, 1.165) is 11.1 Å². The Labute approximate surface area is 115 Å². The van der Waals surface area contributed by atoms with Gasteiger partial charge in [0.05, 0.1) is 11.5 Å². The zero-order valence-corrected chi connectivity index (χ0v) is 12.4. The summed E-state index contributed by atoms with van der Waals surface area (Å²) in [5, 5.41) is 10.0. The van der Waals surface area contributed by atoms with E-state index in [4.69, 9.17) is 0 Å². The van der Waals surface area contributed by atoms with E-state index in [1.54, 1.807) is 6.07 Å². The lowest BCUT2D eigenvalue weighted by atomic mass is 10.0. The molecule has 5 heteroatoms. The minimum atomic E-state index is -2.88. The average molecular weight is 283 g/mol. The number of aryl methyl sites for hydroxylation is 1. The quantitative estimate of drug-likeness (QED) is 0.920. The van der Waals surface area contributed by atoms with Crippen LogP contribution in [0.25, 0.3) is 0 Å². The Bertz CT molecular complexity index is 568. The molecule has 0 aromatic heterocycles. The summed E-state index contributed by atoms with van der Waals surface area (Å²) in [6.07, 6.45) is 0.676. The first kappa shape index (κ1) is 14.3. The van der Waals surface area contributed by atoms with Crippen LogP contribution in [-0.2, 0) is 9.84 Å². The van der Waals surface area contributed by atoms with Gasteiger partial charge in [-0.1, -0.05) is 12.1 Å². The molecule has 1 aliphatic heterocycles. The SMILES string of the molecule is Cc1ccc(C(C)N(C)C2CCS(=O)(=O)C2)c(O)c1. The van der Waals surface area contributed by atoms with Crippen molar-refractivity contribution < 1.29 is 13.5 Å². The Morgan fingerprint density at radius 3 is 2.63 bits per heavy atom. The highest BCUT2D eigenvalue weighted by molar-refractivity contribution is 7.91. The first-order chi connectivity index (χ1) is 8.80. The number of aromatic hydroxyl groups is 1. The van der Waals surface area contributed by atoms with Gasteiger partial charge in [-0.3, -0.25) is 4.90 Å². The van der Waals surface area contributed by atoms with Crippen LogP contribution in [0.3, 0.4) is 0 Å². The molecule has 1 fully saturated rings. The molecule has 0 radical (unpaired) electrons. The van der Waals surface area contributed by atoms with Gasteiger partial charge in [0.15, 0.2) is 9.84 Å². The van der Waals surface area contributed by atoms with Crippen LogP contribution in [-0.4, -0.2) is 43.0 Å². The second kappa shape index (κ2) is 5.13. The van der Waals surface area contributed by atoms with Crippen molar-refractivity contribution in [3.63, 3.8) is 0 Å². The molecule has 2 unspecified atom stereocenters. The predicted octanol–water partition coefficient (Wildman–Crippen LogP) is 1.88. The van der Waals surface area contributed by atoms with Gasteiger partial charge in [0.1, 0.15) is 5.75 Å². The van der Waals surface area contributed by atoms with Gasteiger partial charge < -0.3 is 5.11 Å². The fraction of sp³-hybridized carbons (Fsp3) is 0.571. The standard InChI is InChI=1S/C14H21NO3S/c1-10-4-5-13(14(16)8-10)11(2)15(3)12-6-7-19(17,18)9-12/h4-5,8,11-12,16H,6-7,9H2,1-3H3. The zero-order valence-electron chi connectivity index (χ0n) is 11.6. The Morgan fingerprint density at radius 2 is 2.11 bits per heavy atom. The van der Waals surface area contributed by atoms with Crippen LogP contribution in [0.1, 0.15) is 30.5 Å². The monoisotopic (exact) mass is 283 g/mol. The number of hydrogen-bond acceptors (Lipinski definition) is 4. The molecule has 1 saturated heterocycles. The van der Waals surface area contributed by atoms with Crippen molar-refractivity contribution in [2.45, 2.75) is 32.4 Å². The summed E-state index contributed by atoms with van der Waals surface area (Å²) < 4.78 is 23.1. The number of phenolic OH excluding ortho intramolecular Hbond substituents is 1. The fourth-order valence-electron chi connectivity index (χ4n) is 2.64. The van der Waals surface area contributed by atoms with E-state index in [9.17, 15) is 13.5 Å². The molecule has 1 aliphatic rings. The minimum Gasteiger partial charge on any atom is -0.508 e. The number of phenols is 1. The van der Waals surface area contributed by atoms with Crippen LogP contribution in [0, 0.1) is 6.92 Å². The number of benzene rings is 1. The Balaban J connectivity index is 2.17. The lowest BCUT2D eigenvalue weighted by Crippen LogP contribution is -2.34. The summed E-state index contributed by atoms with van der Waals surface area (Å²) in [7, 11) is -0.951. The molecule has 0 spiro atoms. The van der Waals surface area contributed by atoms with Gasteiger partial charge in [0.2, 0.25) is 0 Å². The van der Waals surface area contributed by atoms with Gasteiger partial charge >= 0.3 is 0 Å². The smallest absolute Gasteiger partial charge is 0.151 e. The van der Waals surface area contributed by atoms with Crippen LogP contribution >= 0.6 is 0 Å². The van der Waals surface area contributed by atoms with Crippen molar-refractivity contribution in [3.8, 4) is 5.75 Å². The second-order valence-electron chi connectivity index (χ2n) is 5.46. The van der Waals surface area contributed by atoms with Gasteiger partial charge in [-0.15, -0.1) is 0 Å². The summed E-state index contributed by atoms with van der Waals surface area (Å²) in [5.41, 5.74) is 1.86. The van der Waals surface area contributed by atoms with Crippen LogP contribution < -0.4 is 0 Å². The van der Waals surface area contributed by atoms with Gasteiger partial charge in [0, 0.05) is 17.6 Å². The van der Waals surface area contributed by atoms with Crippen molar-refractivity contribution in [3.05, 3.63) is 29.3 Å². The van der Waals surface area contributed by atoms with E-state index in [2.05, 4.69) is 4.90 Å². The Hall–Kier alpha value is -1.07. The molecule has 1 heterocycles. The molecule has 106 valence electrons. The van der Waals surface area contributed by atoms with E-state index in [1.807, 2.05) is 33.0 Å². The number of nitrogens with zero attached hydrogens (tertiary/aromatic N) is 1. The van der Waals surface area contributed by atoms with Crippen molar-refractivity contribution in [1.29, 1.82) is 0 Å². The molecule has 0 saturated carbocycles. The van der Waals surface area contributed by atoms with Crippen LogP contribution in [0.4, 0.5) is 0 Å². The number of hydrogen-bond donors (Lipinski definition) is 1. The highest BCUT2D eigenvalue weighted by Gasteiger charge is 2.33. The molecular formula is C14H21NO3S. The maximum absolute atomic E-state index is 11.5. The summed E-state index contributed by atoms with van der Waals surface area (Å²) in [6, 6.07) is 5.66. The van der Waals surface area contributed by atoms with Crippen LogP contribution in [0.2, 0.25) is 0 Å². The van der Waals surface area contributed by atoms with Crippen LogP contribution in [0.5, 0.6) is 5.75 Å². The van der Waals surface area contributed by atoms with Gasteiger partial charge in [-0.05, 0) is 38.9 Å². The topological polar surface area (TPSA) is 57.6 Å². The highest BCUT2D eigenvalue weighted by atomic mass is 32.2. The molecular weight excluding hydrogens is 262 g/mol. The molecule has 19 heavy (non-hydrogen) atoms. The fourth-order valence-corrected chi connectivity index (χ4v) is 4.43. The van der Waals surface area contributed by atoms with Crippen LogP contribution in [0.15, 0.2) is 18.2 Å². The van der Waals surface area contributed by atoms with Gasteiger partial charge in [-0.2, -0.15) is 0 Å². The molecule has 0 amide bonds. The summed E-state index contributed by atoms with van der Waals surface area (Å²) >= 11 is 0. The summed E-state index contributed by atoms with van der Waals surface area (Å²) in [5.74, 6) is 0.773. The summed E-state index contributed by atoms with van der Waals surface area (Å²) in [6.45, 7) is 3.93. The third kappa shape index (κ3) is 3.09. The Morgan fingerprint density at radius 1 is 1.42 bits per heavy atom. The van der Waals surface area contributed by atoms with E-state index >= 15 is 0 Å². The molecule has 1 aromatic carbocycles. The highest BCUT2D eigenvalue weighted by Crippen LogP contribution is 2.31. The van der Waals surface area contributed by atoms with Crippen molar-refractivity contribution in [2.75, 3.05) is 18.6 Å². The molecule has 4 nitrogen and oxygen atoms in total. The minimum absolute atomic E-state index is 0.00102. The Kier molecular flexibility index (Phi) is 3.87. The van der Waals surface area contributed by atoms with E-state index in [1.165, 1.54) is 0 Å². The molecule has 1 aromatic rings. The van der Waals surface area contributed by atoms with E-state index < -0.39 is 9.84 Å². The third-order valence-corrected chi connectivity index (χ3v) is 5.78. The second-order valence-corrected chi connectivity index (χ2v) is 7.69. The normalized spacial score (nSPS) is 23.7. The van der Waals surface area contributed by atoms with E-state index in [0.29, 0.717) is 6.42 Å². The lowest BCUT2D eigenvalue weighted by Gasteiger charge is -2.30. The third-order valence-electron chi connectivity index (χ3n) is 4.03. The maximum atomic E-state index is 11.5. The first-order valence-corrected chi connectivity index (χ1v) is 8.34.